The first kappa shape index (κ1) is 23.5. The van der Waals surface area contributed by atoms with Gasteiger partial charge in [0.1, 0.15) is 5.75 Å². The van der Waals surface area contributed by atoms with Gasteiger partial charge in [-0.15, -0.1) is 0 Å². The summed E-state index contributed by atoms with van der Waals surface area (Å²) in [5.41, 5.74) is 2.38. The summed E-state index contributed by atoms with van der Waals surface area (Å²) in [5.74, 6) is 1.81. The average molecular weight is 404 g/mol. The van der Waals surface area contributed by atoms with Crippen LogP contribution < -0.4 is 15.4 Å². The molecule has 1 saturated heterocycles. The van der Waals surface area contributed by atoms with Crippen molar-refractivity contribution in [3.63, 3.8) is 0 Å². The number of hydrogen-bond donors (Lipinski definition) is 2. The predicted molar refractivity (Wildman–Crippen MR) is 123 cm³/mol. The van der Waals surface area contributed by atoms with Crippen LogP contribution in [0, 0.1) is 6.92 Å². The summed E-state index contributed by atoms with van der Waals surface area (Å²) in [4.78, 5) is 9.37. The first-order chi connectivity index (χ1) is 14.0. The third-order valence-corrected chi connectivity index (χ3v) is 5.55. The van der Waals surface area contributed by atoms with Crippen LogP contribution in [-0.2, 0) is 6.54 Å². The van der Waals surface area contributed by atoms with Gasteiger partial charge in [-0.05, 0) is 71.4 Å². The molecular weight excluding hydrogens is 362 g/mol. The van der Waals surface area contributed by atoms with Crippen molar-refractivity contribution in [3.05, 3.63) is 29.3 Å². The number of aryl methyl sites for hydroxylation is 1. The van der Waals surface area contributed by atoms with Gasteiger partial charge in [-0.2, -0.15) is 0 Å². The highest BCUT2D eigenvalue weighted by molar-refractivity contribution is 5.79. The molecule has 0 bridgehead atoms. The standard InChI is InChI=1S/C23H41N5O/c1-6-20(3)29-22-17-19(2)9-10-21(22)18-26-23(24-4)25-11-7-13-28-14-8-12-27(5)15-16-28/h9-10,17,20H,6-8,11-16,18H2,1-5H3,(H2,24,25,26). The lowest BCUT2D eigenvalue weighted by Crippen LogP contribution is -2.38. The zero-order chi connectivity index (χ0) is 21.1. The topological polar surface area (TPSA) is 52.1 Å². The second-order valence-corrected chi connectivity index (χ2v) is 8.15. The Labute approximate surface area is 177 Å². The smallest absolute Gasteiger partial charge is 0.191 e. The quantitative estimate of drug-likeness (QED) is 0.377. The van der Waals surface area contributed by atoms with E-state index in [1.165, 1.54) is 38.2 Å². The number of hydrogen-bond acceptors (Lipinski definition) is 4. The minimum atomic E-state index is 0.215. The molecule has 1 heterocycles. The largest absolute Gasteiger partial charge is 0.490 e. The van der Waals surface area contributed by atoms with Gasteiger partial charge in [0.15, 0.2) is 5.96 Å². The van der Waals surface area contributed by atoms with E-state index in [4.69, 9.17) is 4.74 Å². The van der Waals surface area contributed by atoms with E-state index in [9.17, 15) is 0 Å². The summed E-state index contributed by atoms with van der Waals surface area (Å²) in [6.07, 6.45) is 3.60. The van der Waals surface area contributed by atoms with Crippen molar-refractivity contribution < 1.29 is 4.74 Å². The van der Waals surface area contributed by atoms with Gasteiger partial charge in [-0.3, -0.25) is 4.99 Å². The molecule has 2 rings (SSSR count). The average Bonchev–Trinajstić information content (AvgIpc) is 2.92. The van der Waals surface area contributed by atoms with Crippen molar-refractivity contribution in [2.75, 3.05) is 53.4 Å². The molecule has 1 atom stereocenters. The van der Waals surface area contributed by atoms with Gasteiger partial charge in [0.05, 0.1) is 6.10 Å². The van der Waals surface area contributed by atoms with Crippen LogP contribution in [0.5, 0.6) is 5.75 Å². The highest BCUT2D eigenvalue weighted by Crippen LogP contribution is 2.22. The Kier molecular flexibility index (Phi) is 10.3. The van der Waals surface area contributed by atoms with Crippen LogP contribution in [0.1, 0.15) is 44.2 Å². The number of nitrogens with zero attached hydrogens (tertiary/aromatic N) is 3. The zero-order valence-corrected chi connectivity index (χ0v) is 19.1. The Bertz CT molecular complexity index is 634. The van der Waals surface area contributed by atoms with Crippen molar-refractivity contribution >= 4 is 5.96 Å². The Balaban J connectivity index is 1.76. The van der Waals surface area contributed by atoms with Crippen molar-refractivity contribution in [1.82, 2.24) is 20.4 Å². The molecule has 0 aromatic heterocycles. The first-order valence-electron chi connectivity index (χ1n) is 11.1. The molecule has 6 nitrogen and oxygen atoms in total. The third-order valence-electron chi connectivity index (χ3n) is 5.55. The summed E-state index contributed by atoms with van der Waals surface area (Å²) in [6, 6.07) is 6.40. The van der Waals surface area contributed by atoms with Crippen LogP contribution in [0.3, 0.4) is 0 Å². The molecule has 0 amide bonds. The molecule has 0 saturated carbocycles. The highest BCUT2D eigenvalue weighted by Gasteiger charge is 2.12. The van der Waals surface area contributed by atoms with Crippen LogP contribution in [0.2, 0.25) is 0 Å². The van der Waals surface area contributed by atoms with E-state index in [-0.39, 0.29) is 6.10 Å². The molecule has 1 aromatic rings. The number of benzene rings is 1. The molecule has 1 unspecified atom stereocenters. The molecule has 0 aliphatic carbocycles. The fraction of sp³-hybridized carbons (Fsp3) is 0.696. The van der Waals surface area contributed by atoms with Gasteiger partial charge < -0.3 is 25.2 Å². The maximum absolute atomic E-state index is 6.12. The van der Waals surface area contributed by atoms with Gasteiger partial charge in [0.2, 0.25) is 0 Å². The van der Waals surface area contributed by atoms with Crippen molar-refractivity contribution in [2.24, 2.45) is 4.99 Å². The van der Waals surface area contributed by atoms with Crippen LogP contribution >= 0.6 is 0 Å². The Morgan fingerprint density at radius 3 is 2.79 bits per heavy atom. The highest BCUT2D eigenvalue weighted by atomic mass is 16.5. The van der Waals surface area contributed by atoms with Crippen LogP contribution in [0.4, 0.5) is 0 Å². The Morgan fingerprint density at radius 1 is 1.21 bits per heavy atom. The molecule has 29 heavy (non-hydrogen) atoms. The summed E-state index contributed by atoms with van der Waals surface area (Å²) < 4.78 is 6.12. The summed E-state index contributed by atoms with van der Waals surface area (Å²) in [6.45, 7) is 13.9. The molecule has 1 aliphatic heterocycles. The maximum Gasteiger partial charge on any atom is 0.191 e. The molecule has 1 aromatic carbocycles. The zero-order valence-electron chi connectivity index (χ0n) is 19.1. The minimum absolute atomic E-state index is 0.215. The van der Waals surface area contributed by atoms with Gasteiger partial charge >= 0.3 is 0 Å². The number of guanidine groups is 1. The van der Waals surface area contributed by atoms with Crippen molar-refractivity contribution in [1.29, 1.82) is 0 Å². The number of likely N-dealkylation sites (N-methyl/N-ethyl adjacent to an activating group) is 1. The monoisotopic (exact) mass is 403 g/mol. The van der Waals surface area contributed by atoms with Gasteiger partial charge in [-0.25, -0.2) is 0 Å². The van der Waals surface area contributed by atoms with Crippen molar-refractivity contribution in [3.8, 4) is 5.75 Å². The lowest BCUT2D eigenvalue weighted by molar-refractivity contribution is 0.215. The first-order valence-corrected chi connectivity index (χ1v) is 11.1. The molecule has 1 fully saturated rings. The molecular formula is C23H41N5O. The van der Waals surface area contributed by atoms with E-state index in [1.807, 2.05) is 7.05 Å². The third kappa shape index (κ3) is 8.62. The normalized spacial score (nSPS) is 17.6. The van der Waals surface area contributed by atoms with Gasteiger partial charge in [0.25, 0.3) is 0 Å². The van der Waals surface area contributed by atoms with E-state index >= 15 is 0 Å². The minimum Gasteiger partial charge on any atom is -0.490 e. The van der Waals surface area contributed by atoms with Gasteiger partial charge in [0, 0.05) is 38.8 Å². The van der Waals surface area contributed by atoms with E-state index in [1.54, 1.807) is 0 Å². The van der Waals surface area contributed by atoms with Crippen LogP contribution in [0.15, 0.2) is 23.2 Å². The number of rotatable bonds is 9. The van der Waals surface area contributed by atoms with Gasteiger partial charge in [-0.1, -0.05) is 19.1 Å². The van der Waals surface area contributed by atoms with Crippen LogP contribution in [0.25, 0.3) is 0 Å². The van der Waals surface area contributed by atoms with E-state index in [0.717, 1.165) is 43.2 Å². The molecule has 0 spiro atoms. The Morgan fingerprint density at radius 2 is 2.03 bits per heavy atom. The Hall–Kier alpha value is -1.79. The lowest BCUT2D eigenvalue weighted by atomic mass is 10.1. The number of aliphatic imine (C=N–C) groups is 1. The lowest BCUT2D eigenvalue weighted by Gasteiger charge is -2.20. The molecule has 0 radical (unpaired) electrons. The molecule has 6 heteroatoms. The predicted octanol–water partition coefficient (Wildman–Crippen LogP) is 2.86. The summed E-state index contributed by atoms with van der Waals surface area (Å²) >= 11 is 0. The fourth-order valence-corrected chi connectivity index (χ4v) is 3.45. The SMILES string of the molecule is CCC(C)Oc1cc(C)ccc1CNC(=NC)NCCCN1CCCN(C)CC1. The summed E-state index contributed by atoms with van der Waals surface area (Å²) in [7, 11) is 4.04. The van der Waals surface area contributed by atoms with Crippen LogP contribution in [-0.4, -0.2) is 75.2 Å². The van der Waals surface area contributed by atoms with E-state index < -0.39 is 0 Å². The van der Waals surface area contributed by atoms with E-state index in [2.05, 4.69) is 71.4 Å². The van der Waals surface area contributed by atoms with E-state index in [0.29, 0.717) is 6.54 Å². The second kappa shape index (κ2) is 12.7. The second-order valence-electron chi connectivity index (χ2n) is 8.15. The maximum atomic E-state index is 6.12. The number of ether oxygens (including phenoxy) is 1. The van der Waals surface area contributed by atoms with Crippen molar-refractivity contribution in [2.45, 2.75) is 52.7 Å². The molecule has 2 N–H and O–H groups in total. The summed E-state index contributed by atoms with van der Waals surface area (Å²) in [5, 5.41) is 6.88. The molecule has 1 aliphatic rings. The number of nitrogens with one attached hydrogen (secondary N) is 2. The fourth-order valence-electron chi connectivity index (χ4n) is 3.45. The molecule has 164 valence electrons.